The third kappa shape index (κ3) is 5.13. The summed E-state index contributed by atoms with van der Waals surface area (Å²) in [5.74, 6) is 1.95. The highest BCUT2D eigenvalue weighted by molar-refractivity contribution is 6.04. The molecule has 0 radical (unpaired) electrons. The highest BCUT2D eigenvalue weighted by Gasteiger charge is 2.16. The van der Waals surface area contributed by atoms with E-state index in [0.29, 0.717) is 29.2 Å². The van der Waals surface area contributed by atoms with Gasteiger partial charge >= 0.3 is 6.09 Å². The van der Waals surface area contributed by atoms with Gasteiger partial charge in [-0.1, -0.05) is 12.1 Å². The molecule has 0 fully saturated rings. The average molecular weight is 372 g/mol. The van der Waals surface area contributed by atoms with Gasteiger partial charge in [-0.25, -0.2) is 4.79 Å². The Morgan fingerprint density at radius 1 is 1.00 bits per heavy atom. The standard InChI is InChI=1S/C20H24N2O5/c1-5-22(20(23)24)21-18(12-14-6-8-15(25-2)9-7-14)17-11-10-16(26-3)13-19(17)27-4/h6-11,13H,5,12H2,1-4H3,(H,23,24). The van der Waals surface area contributed by atoms with Crippen LogP contribution in [-0.2, 0) is 6.42 Å². The van der Waals surface area contributed by atoms with E-state index >= 15 is 0 Å². The summed E-state index contributed by atoms with van der Waals surface area (Å²) in [5.41, 5.74) is 2.24. The van der Waals surface area contributed by atoms with Crippen molar-refractivity contribution in [2.24, 2.45) is 5.10 Å². The molecule has 0 unspecified atom stereocenters. The minimum absolute atomic E-state index is 0.236. The zero-order valence-electron chi connectivity index (χ0n) is 15.9. The lowest BCUT2D eigenvalue weighted by Gasteiger charge is -2.17. The molecular weight excluding hydrogens is 348 g/mol. The van der Waals surface area contributed by atoms with Gasteiger partial charge in [0, 0.05) is 24.6 Å². The molecule has 0 aliphatic heterocycles. The highest BCUT2D eigenvalue weighted by Crippen LogP contribution is 2.27. The van der Waals surface area contributed by atoms with Crippen LogP contribution in [0.1, 0.15) is 18.1 Å². The molecule has 0 saturated carbocycles. The Bertz CT molecular complexity index is 803. The molecule has 27 heavy (non-hydrogen) atoms. The highest BCUT2D eigenvalue weighted by atomic mass is 16.5. The van der Waals surface area contributed by atoms with Crippen molar-refractivity contribution >= 4 is 11.8 Å². The molecule has 1 amide bonds. The molecule has 2 aromatic carbocycles. The third-order valence-electron chi connectivity index (χ3n) is 4.01. The molecule has 7 heteroatoms. The fourth-order valence-corrected chi connectivity index (χ4v) is 2.55. The predicted octanol–water partition coefficient (Wildman–Crippen LogP) is 3.66. The van der Waals surface area contributed by atoms with Crippen LogP contribution in [0.5, 0.6) is 17.2 Å². The predicted molar refractivity (Wildman–Crippen MR) is 103 cm³/mol. The first-order valence-corrected chi connectivity index (χ1v) is 8.45. The number of ether oxygens (including phenoxy) is 3. The Morgan fingerprint density at radius 2 is 1.63 bits per heavy atom. The Hall–Kier alpha value is -3.22. The van der Waals surface area contributed by atoms with Crippen LogP contribution >= 0.6 is 0 Å². The molecular formula is C20H24N2O5. The van der Waals surface area contributed by atoms with Gasteiger partial charge in [0.15, 0.2) is 0 Å². The number of benzene rings is 2. The maximum atomic E-state index is 11.4. The van der Waals surface area contributed by atoms with Gasteiger partial charge in [-0.2, -0.15) is 10.1 Å². The molecule has 2 rings (SSSR count). The Balaban J connectivity index is 2.49. The molecule has 1 N–H and O–H groups in total. The van der Waals surface area contributed by atoms with E-state index in [9.17, 15) is 9.90 Å². The zero-order chi connectivity index (χ0) is 19.8. The monoisotopic (exact) mass is 372 g/mol. The number of hydrazone groups is 1. The van der Waals surface area contributed by atoms with E-state index in [0.717, 1.165) is 16.3 Å². The van der Waals surface area contributed by atoms with Gasteiger partial charge in [0.1, 0.15) is 17.2 Å². The van der Waals surface area contributed by atoms with Crippen molar-refractivity contribution in [3.05, 3.63) is 53.6 Å². The molecule has 0 heterocycles. The number of amides is 1. The van der Waals surface area contributed by atoms with Gasteiger partial charge in [0.05, 0.1) is 27.0 Å². The molecule has 2 aromatic rings. The topological polar surface area (TPSA) is 80.6 Å². The first-order valence-electron chi connectivity index (χ1n) is 8.45. The molecule has 0 saturated heterocycles. The van der Waals surface area contributed by atoms with Crippen LogP contribution in [0.25, 0.3) is 0 Å². The lowest BCUT2D eigenvalue weighted by atomic mass is 10.0. The summed E-state index contributed by atoms with van der Waals surface area (Å²) < 4.78 is 15.9. The van der Waals surface area contributed by atoms with Crippen molar-refractivity contribution in [2.75, 3.05) is 27.9 Å². The number of rotatable bonds is 8. The van der Waals surface area contributed by atoms with E-state index in [4.69, 9.17) is 14.2 Å². The number of hydrogen-bond donors (Lipinski definition) is 1. The van der Waals surface area contributed by atoms with Gasteiger partial charge in [-0.15, -0.1) is 0 Å². The number of nitrogens with zero attached hydrogens (tertiary/aromatic N) is 2. The first-order chi connectivity index (χ1) is 13.0. The summed E-state index contributed by atoms with van der Waals surface area (Å²) in [6.45, 7) is 1.97. The average Bonchev–Trinajstić information content (AvgIpc) is 2.70. The molecule has 0 aliphatic rings. The number of methoxy groups -OCH3 is 3. The molecule has 0 bridgehead atoms. The maximum absolute atomic E-state index is 11.4. The van der Waals surface area contributed by atoms with Crippen molar-refractivity contribution in [2.45, 2.75) is 13.3 Å². The second-order valence-electron chi connectivity index (χ2n) is 5.64. The molecule has 144 valence electrons. The summed E-state index contributed by atoms with van der Waals surface area (Å²) in [6, 6.07) is 12.9. The van der Waals surface area contributed by atoms with E-state index in [1.54, 1.807) is 40.4 Å². The first kappa shape index (κ1) is 20.1. The fraction of sp³-hybridized carbons (Fsp3) is 0.300. The lowest BCUT2D eigenvalue weighted by Crippen LogP contribution is -2.26. The van der Waals surface area contributed by atoms with E-state index in [-0.39, 0.29) is 6.54 Å². The number of carboxylic acid groups (broad SMARTS) is 1. The summed E-state index contributed by atoms with van der Waals surface area (Å²) in [5, 5.41) is 14.7. The van der Waals surface area contributed by atoms with Crippen LogP contribution in [0.15, 0.2) is 47.6 Å². The Kier molecular flexibility index (Phi) is 7.05. The van der Waals surface area contributed by atoms with Crippen LogP contribution in [-0.4, -0.2) is 49.8 Å². The molecule has 0 aliphatic carbocycles. The number of carbonyl (C=O) groups is 1. The Labute approximate surface area is 158 Å². The minimum Gasteiger partial charge on any atom is -0.497 e. The van der Waals surface area contributed by atoms with E-state index < -0.39 is 6.09 Å². The maximum Gasteiger partial charge on any atom is 0.427 e. The SMILES string of the molecule is CCN(N=C(Cc1ccc(OC)cc1)c1ccc(OC)cc1OC)C(=O)O. The van der Waals surface area contributed by atoms with Gasteiger partial charge < -0.3 is 19.3 Å². The zero-order valence-corrected chi connectivity index (χ0v) is 15.9. The quantitative estimate of drug-likeness (QED) is 0.565. The molecule has 0 atom stereocenters. The van der Waals surface area contributed by atoms with Gasteiger partial charge in [0.25, 0.3) is 0 Å². The van der Waals surface area contributed by atoms with Crippen LogP contribution in [0.3, 0.4) is 0 Å². The second kappa shape index (κ2) is 9.47. The van der Waals surface area contributed by atoms with E-state index in [1.807, 2.05) is 30.3 Å². The fourth-order valence-electron chi connectivity index (χ4n) is 2.55. The largest absolute Gasteiger partial charge is 0.497 e. The summed E-state index contributed by atoms with van der Waals surface area (Å²) in [6.07, 6.45) is -0.687. The van der Waals surface area contributed by atoms with Crippen LogP contribution in [0, 0.1) is 0 Å². The van der Waals surface area contributed by atoms with Crippen molar-refractivity contribution in [1.29, 1.82) is 0 Å². The van der Waals surface area contributed by atoms with E-state index in [2.05, 4.69) is 5.10 Å². The second-order valence-corrected chi connectivity index (χ2v) is 5.64. The third-order valence-corrected chi connectivity index (χ3v) is 4.01. The van der Waals surface area contributed by atoms with Crippen molar-refractivity contribution < 1.29 is 24.1 Å². The minimum atomic E-state index is -1.11. The molecule has 0 spiro atoms. The van der Waals surface area contributed by atoms with Gasteiger partial charge in [-0.05, 0) is 36.8 Å². The summed E-state index contributed by atoms with van der Waals surface area (Å²) >= 11 is 0. The van der Waals surface area contributed by atoms with Crippen LogP contribution in [0.4, 0.5) is 4.79 Å². The van der Waals surface area contributed by atoms with Crippen molar-refractivity contribution in [3.8, 4) is 17.2 Å². The van der Waals surface area contributed by atoms with Crippen molar-refractivity contribution in [3.63, 3.8) is 0 Å². The normalized spacial score (nSPS) is 11.0. The van der Waals surface area contributed by atoms with Gasteiger partial charge in [-0.3, -0.25) is 0 Å². The number of hydrogen-bond acceptors (Lipinski definition) is 5. The summed E-state index contributed by atoms with van der Waals surface area (Å²) in [4.78, 5) is 11.4. The Morgan fingerprint density at radius 3 is 2.15 bits per heavy atom. The summed E-state index contributed by atoms with van der Waals surface area (Å²) in [7, 11) is 4.73. The molecule has 7 nitrogen and oxygen atoms in total. The van der Waals surface area contributed by atoms with E-state index in [1.165, 1.54) is 0 Å². The smallest absolute Gasteiger partial charge is 0.427 e. The molecule has 0 aromatic heterocycles. The van der Waals surface area contributed by atoms with Crippen LogP contribution in [0.2, 0.25) is 0 Å². The van der Waals surface area contributed by atoms with Gasteiger partial charge in [0.2, 0.25) is 0 Å². The lowest BCUT2D eigenvalue weighted by molar-refractivity contribution is 0.149. The van der Waals surface area contributed by atoms with Crippen molar-refractivity contribution in [1.82, 2.24) is 5.01 Å². The van der Waals surface area contributed by atoms with Crippen LogP contribution < -0.4 is 14.2 Å².